The van der Waals surface area contributed by atoms with Crippen LogP contribution in [0.15, 0.2) is 48.5 Å². The molecule has 0 saturated carbocycles. The number of fused-ring (bicyclic) bond motifs is 1. The number of hydrogen-bond acceptors (Lipinski definition) is 3. The molecule has 120 valence electrons. The Morgan fingerprint density at radius 1 is 1.08 bits per heavy atom. The molecule has 0 aliphatic heterocycles. The van der Waals surface area contributed by atoms with Gasteiger partial charge >= 0.3 is 5.97 Å². The van der Waals surface area contributed by atoms with Crippen LogP contribution < -0.4 is 5.32 Å². The van der Waals surface area contributed by atoms with E-state index in [1.165, 1.54) is 13.0 Å². The highest BCUT2D eigenvalue weighted by molar-refractivity contribution is 6.30. The van der Waals surface area contributed by atoms with Gasteiger partial charge in [0.2, 0.25) is 5.91 Å². The lowest BCUT2D eigenvalue weighted by atomic mass is 10.0. The first-order chi connectivity index (χ1) is 11.4. The maximum Gasteiger partial charge on any atom is 0.336 e. The molecular weight excluding hydrogens is 328 g/mol. The van der Waals surface area contributed by atoms with Crippen molar-refractivity contribution in [3.8, 4) is 11.3 Å². The summed E-state index contributed by atoms with van der Waals surface area (Å²) in [6, 6.07) is 13.5. The van der Waals surface area contributed by atoms with Crippen molar-refractivity contribution in [2.24, 2.45) is 0 Å². The van der Waals surface area contributed by atoms with E-state index in [0.717, 1.165) is 5.56 Å². The standard InChI is InChI=1S/C18H13ClN2O3/c1-10(22)20-13-6-7-14-15(18(23)24)9-16(21-17(14)8-13)11-2-4-12(19)5-3-11/h2-9H,1H3,(H,20,22)(H,23,24). The summed E-state index contributed by atoms with van der Waals surface area (Å²) in [6.07, 6.45) is 0. The molecule has 0 unspecified atom stereocenters. The van der Waals surface area contributed by atoms with Gasteiger partial charge in [-0.25, -0.2) is 9.78 Å². The van der Waals surface area contributed by atoms with Gasteiger partial charge in [0.05, 0.1) is 16.8 Å². The number of aromatic nitrogens is 1. The molecule has 24 heavy (non-hydrogen) atoms. The van der Waals surface area contributed by atoms with Crippen LogP contribution in [-0.4, -0.2) is 22.0 Å². The minimum absolute atomic E-state index is 0.152. The van der Waals surface area contributed by atoms with Gasteiger partial charge in [0.25, 0.3) is 0 Å². The Morgan fingerprint density at radius 3 is 2.42 bits per heavy atom. The fourth-order valence-corrected chi connectivity index (χ4v) is 2.58. The second kappa shape index (κ2) is 6.29. The summed E-state index contributed by atoms with van der Waals surface area (Å²) in [6.45, 7) is 1.41. The molecule has 3 aromatic rings. The van der Waals surface area contributed by atoms with Crippen molar-refractivity contribution in [1.82, 2.24) is 4.98 Å². The molecule has 1 aromatic heterocycles. The van der Waals surface area contributed by atoms with Crippen LogP contribution in [0.2, 0.25) is 5.02 Å². The van der Waals surface area contributed by atoms with E-state index in [1.807, 2.05) is 0 Å². The number of aromatic carboxylic acids is 1. The molecule has 0 aliphatic carbocycles. The highest BCUT2D eigenvalue weighted by Crippen LogP contribution is 2.27. The van der Waals surface area contributed by atoms with Crippen molar-refractivity contribution in [3.63, 3.8) is 0 Å². The SMILES string of the molecule is CC(=O)Nc1ccc2c(C(=O)O)cc(-c3ccc(Cl)cc3)nc2c1. The quantitative estimate of drug-likeness (QED) is 0.748. The summed E-state index contributed by atoms with van der Waals surface area (Å²) >= 11 is 5.89. The fourth-order valence-electron chi connectivity index (χ4n) is 2.45. The number of anilines is 1. The van der Waals surface area contributed by atoms with Gasteiger partial charge in [-0.3, -0.25) is 4.79 Å². The number of pyridine rings is 1. The van der Waals surface area contributed by atoms with Crippen LogP contribution in [-0.2, 0) is 4.79 Å². The number of rotatable bonds is 3. The number of nitrogens with zero attached hydrogens (tertiary/aromatic N) is 1. The minimum atomic E-state index is -1.04. The van der Waals surface area contributed by atoms with Crippen molar-refractivity contribution in [2.45, 2.75) is 6.92 Å². The Hall–Kier alpha value is -2.92. The largest absolute Gasteiger partial charge is 0.478 e. The minimum Gasteiger partial charge on any atom is -0.478 e. The maximum atomic E-state index is 11.6. The van der Waals surface area contributed by atoms with Crippen molar-refractivity contribution >= 4 is 40.1 Å². The van der Waals surface area contributed by atoms with E-state index in [0.29, 0.717) is 27.3 Å². The Morgan fingerprint density at radius 2 is 1.79 bits per heavy atom. The molecule has 0 spiro atoms. The summed E-state index contributed by atoms with van der Waals surface area (Å²) in [5, 5.41) is 13.3. The van der Waals surface area contributed by atoms with Gasteiger partial charge in [0, 0.05) is 28.6 Å². The summed E-state index contributed by atoms with van der Waals surface area (Å²) in [7, 11) is 0. The highest BCUT2D eigenvalue weighted by atomic mass is 35.5. The molecule has 3 rings (SSSR count). The van der Waals surface area contributed by atoms with Crippen LogP contribution in [0, 0.1) is 0 Å². The van der Waals surface area contributed by atoms with Crippen LogP contribution >= 0.6 is 11.6 Å². The molecule has 1 amide bonds. The highest BCUT2D eigenvalue weighted by Gasteiger charge is 2.13. The molecule has 2 aromatic carbocycles. The Balaban J connectivity index is 2.21. The third-order valence-corrected chi connectivity index (χ3v) is 3.75. The molecule has 0 radical (unpaired) electrons. The van der Waals surface area contributed by atoms with Crippen molar-refractivity contribution in [2.75, 3.05) is 5.32 Å². The predicted molar refractivity (Wildman–Crippen MR) is 93.5 cm³/mol. The van der Waals surface area contributed by atoms with Gasteiger partial charge in [-0.1, -0.05) is 23.7 Å². The third-order valence-electron chi connectivity index (χ3n) is 3.50. The zero-order valence-corrected chi connectivity index (χ0v) is 13.5. The molecule has 0 saturated heterocycles. The molecule has 2 N–H and O–H groups in total. The van der Waals surface area contributed by atoms with Crippen LogP contribution in [0.1, 0.15) is 17.3 Å². The lowest BCUT2D eigenvalue weighted by Crippen LogP contribution is -2.06. The average molecular weight is 341 g/mol. The van der Waals surface area contributed by atoms with Crippen molar-refractivity contribution < 1.29 is 14.7 Å². The monoisotopic (exact) mass is 340 g/mol. The van der Waals surface area contributed by atoms with Crippen LogP contribution in [0.3, 0.4) is 0 Å². The van der Waals surface area contributed by atoms with Crippen molar-refractivity contribution in [1.29, 1.82) is 0 Å². The molecule has 0 bridgehead atoms. The van der Waals surface area contributed by atoms with Gasteiger partial charge in [-0.15, -0.1) is 0 Å². The van der Waals surface area contributed by atoms with Crippen LogP contribution in [0.5, 0.6) is 0 Å². The predicted octanol–water partition coefficient (Wildman–Crippen LogP) is 4.21. The van der Waals surface area contributed by atoms with E-state index in [-0.39, 0.29) is 11.5 Å². The molecule has 0 aliphatic rings. The molecule has 0 atom stereocenters. The first kappa shape index (κ1) is 16.0. The molecule has 5 nitrogen and oxygen atoms in total. The lowest BCUT2D eigenvalue weighted by Gasteiger charge is -2.09. The molecule has 1 heterocycles. The van der Waals surface area contributed by atoms with Gasteiger partial charge in [0.1, 0.15) is 0 Å². The van der Waals surface area contributed by atoms with E-state index >= 15 is 0 Å². The van der Waals surface area contributed by atoms with Crippen LogP contribution in [0.4, 0.5) is 5.69 Å². The van der Waals surface area contributed by atoms with E-state index in [4.69, 9.17) is 11.6 Å². The Kier molecular flexibility index (Phi) is 4.18. The summed E-state index contributed by atoms with van der Waals surface area (Å²) in [5.74, 6) is -1.24. The number of hydrogen-bond donors (Lipinski definition) is 2. The number of halogens is 1. The zero-order chi connectivity index (χ0) is 17.3. The number of nitrogens with one attached hydrogen (secondary N) is 1. The second-order valence-corrected chi connectivity index (χ2v) is 5.72. The van der Waals surface area contributed by atoms with E-state index in [9.17, 15) is 14.7 Å². The zero-order valence-electron chi connectivity index (χ0n) is 12.7. The maximum absolute atomic E-state index is 11.6. The number of carbonyl (C=O) groups excluding carboxylic acids is 1. The Labute approximate surface area is 142 Å². The van der Waals surface area contributed by atoms with Crippen LogP contribution in [0.25, 0.3) is 22.2 Å². The molecule has 0 fully saturated rings. The van der Waals surface area contributed by atoms with Gasteiger partial charge in [-0.2, -0.15) is 0 Å². The number of benzene rings is 2. The number of carbonyl (C=O) groups is 2. The first-order valence-corrected chi connectivity index (χ1v) is 7.53. The average Bonchev–Trinajstić information content (AvgIpc) is 2.53. The summed E-state index contributed by atoms with van der Waals surface area (Å²) in [4.78, 5) is 27.3. The second-order valence-electron chi connectivity index (χ2n) is 5.28. The van der Waals surface area contributed by atoms with Gasteiger partial charge in [-0.05, 0) is 36.4 Å². The number of carboxylic acids is 1. The number of amides is 1. The smallest absolute Gasteiger partial charge is 0.336 e. The molecular formula is C18H13ClN2O3. The topological polar surface area (TPSA) is 79.3 Å². The van der Waals surface area contributed by atoms with E-state index < -0.39 is 5.97 Å². The van der Waals surface area contributed by atoms with E-state index in [1.54, 1.807) is 42.5 Å². The summed E-state index contributed by atoms with van der Waals surface area (Å²) in [5.41, 5.74) is 2.49. The third kappa shape index (κ3) is 3.21. The lowest BCUT2D eigenvalue weighted by molar-refractivity contribution is -0.114. The normalized spacial score (nSPS) is 10.6. The number of carboxylic acid groups (broad SMARTS) is 1. The first-order valence-electron chi connectivity index (χ1n) is 7.15. The summed E-state index contributed by atoms with van der Waals surface area (Å²) < 4.78 is 0. The molecule has 6 heteroatoms. The van der Waals surface area contributed by atoms with E-state index in [2.05, 4.69) is 10.3 Å². The van der Waals surface area contributed by atoms with Gasteiger partial charge in [0.15, 0.2) is 0 Å². The Bertz CT molecular complexity index is 952. The van der Waals surface area contributed by atoms with Crippen molar-refractivity contribution in [3.05, 3.63) is 59.1 Å². The van der Waals surface area contributed by atoms with Gasteiger partial charge < -0.3 is 10.4 Å². The fraction of sp³-hybridized carbons (Fsp3) is 0.0556.